The highest BCUT2D eigenvalue weighted by Gasteiger charge is 2.09. The van der Waals surface area contributed by atoms with Gasteiger partial charge < -0.3 is 5.73 Å². The molecule has 0 spiro atoms. The lowest BCUT2D eigenvalue weighted by molar-refractivity contribution is 1.39. The van der Waals surface area contributed by atoms with E-state index in [1.54, 1.807) is 0 Å². The molecule has 4 nitrogen and oxygen atoms in total. The average molecular weight is 234 g/mol. The molecule has 0 fully saturated rings. The number of nitrogens with two attached hydrogens (primary N) is 1. The summed E-state index contributed by atoms with van der Waals surface area (Å²) in [6, 6.07) is 8.10. The van der Waals surface area contributed by atoms with Gasteiger partial charge in [-0.3, -0.25) is 0 Å². The molecule has 1 aromatic rings. The van der Waals surface area contributed by atoms with Gasteiger partial charge in [0.05, 0.1) is 0 Å². The summed E-state index contributed by atoms with van der Waals surface area (Å²) in [6.07, 6.45) is 0. The largest absolute Gasteiger partial charge is 0.367 e. The minimum atomic E-state index is -0.360. The first-order chi connectivity index (χ1) is 7.69. The van der Waals surface area contributed by atoms with E-state index in [1.807, 2.05) is 31.2 Å². The molecule has 1 aliphatic heterocycles. The van der Waals surface area contributed by atoms with Gasteiger partial charge in [-0.15, -0.1) is 0 Å². The molecule has 16 heavy (non-hydrogen) atoms. The fourth-order valence-electron chi connectivity index (χ4n) is 1.33. The molecule has 2 N–H and O–H groups in total. The Morgan fingerprint density at radius 3 is 2.56 bits per heavy atom. The van der Waals surface area contributed by atoms with Crippen LogP contribution in [0.25, 0.3) is 0 Å². The van der Waals surface area contributed by atoms with Crippen LogP contribution in [-0.2, 0) is 10.9 Å². The molecular weight excluding hydrogens is 220 g/mol. The van der Waals surface area contributed by atoms with Gasteiger partial charge in [-0.2, -0.15) is 13.8 Å². The van der Waals surface area contributed by atoms with Gasteiger partial charge >= 0.3 is 0 Å². The highest BCUT2D eigenvalue weighted by molar-refractivity contribution is 7.86. The Morgan fingerprint density at radius 1 is 1.25 bits per heavy atom. The fraction of sp³-hybridized carbons (Fsp3) is 0.273. The lowest BCUT2D eigenvalue weighted by atomic mass is 10.1. The standard InChI is InChI=1S/C11H14N4S/c1-3-16-14-10(13-11(12)15-16)9-6-4-8(2)5-7-9/h4-7H,3H2,1-2H3,(H2,12,13,14,15). The first kappa shape index (κ1) is 11.0. The third kappa shape index (κ3) is 2.36. The van der Waals surface area contributed by atoms with E-state index in [0.29, 0.717) is 11.8 Å². The summed E-state index contributed by atoms with van der Waals surface area (Å²) >= 11 is 0. The number of nitrogens with zero attached hydrogens (tertiary/aromatic N) is 3. The molecule has 0 amide bonds. The summed E-state index contributed by atoms with van der Waals surface area (Å²) in [5.74, 6) is 1.89. The number of hydrogen-bond acceptors (Lipinski definition) is 4. The average Bonchev–Trinajstić information content (AvgIpc) is 2.29. The summed E-state index contributed by atoms with van der Waals surface area (Å²) in [4.78, 5) is 4.17. The van der Waals surface area contributed by atoms with Crippen LogP contribution in [0.2, 0.25) is 0 Å². The van der Waals surface area contributed by atoms with Crippen molar-refractivity contribution in [2.45, 2.75) is 13.8 Å². The Kier molecular flexibility index (Phi) is 3.14. The number of rotatable bonds is 2. The Balaban J connectivity index is 2.39. The molecular formula is C11H14N4S. The lowest BCUT2D eigenvalue weighted by Gasteiger charge is -2.08. The molecule has 1 atom stereocenters. The molecule has 1 aliphatic rings. The quantitative estimate of drug-likeness (QED) is 0.833. The zero-order valence-corrected chi connectivity index (χ0v) is 10.2. The van der Waals surface area contributed by atoms with Crippen LogP contribution >= 0.6 is 0 Å². The van der Waals surface area contributed by atoms with Crippen LogP contribution in [0, 0.1) is 6.92 Å². The molecule has 2 rings (SSSR count). The van der Waals surface area contributed by atoms with Crippen molar-refractivity contribution in [2.24, 2.45) is 19.5 Å². The van der Waals surface area contributed by atoms with Gasteiger partial charge in [-0.1, -0.05) is 36.8 Å². The summed E-state index contributed by atoms with van der Waals surface area (Å²) in [6.45, 7) is 4.09. The van der Waals surface area contributed by atoms with E-state index in [1.165, 1.54) is 5.56 Å². The third-order valence-electron chi connectivity index (χ3n) is 2.18. The maximum absolute atomic E-state index is 5.67. The van der Waals surface area contributed by atoms with E-state index in [-0.39, 0.29) is 10.9 Å². The highest BCUT2D eigenvalue weighted by atomic mass is 32.2. The van der Waals surface area contributed by atoms with Crippen LogP contribution in [0.1, 0.15) is 18.1 Å². The Bertz CT molecular complexity index is 485. The zero-order valence-electron chi connectivity index (χ0n) is 9.34. The maximum atomic E-state index is 5.67. The third-order valence-corrected chi connectivity index (χ3v) is 3.48. The first-order valence-corrected chi connectivity index (χ1v) is 6.42. The second-order valence-electron chi connectivity index (χ2n) is 3.47. The number of benzene rings is 1. The number of amidine groups is 1. The van der Waals surface area contributed by atoms with Crippen LogP contribution in [0.4, 0.5) is 0 Å². The van der Waals surface area contributed by atoms with Crippen molar-refractivity contribution in [2.75, 3.05) is 5.75 Å². The highest BCUT2D eigenvalue weighted by Crippen LogP contribution is 2.10. The van der Waals surface area contributed by atoms with Gasteiger partial charge in [0, 0.05) is 22.2 Å². The van der Waals surface area contributed by atoms with Crippen LogP contribution in [0.5, 0.6) is 0 Å². The Morgan fingerprint density at radius 2 is 1.94 bits per heavy atom. The SMILES string of the molecule is CCS1=NC(c2ccc(C)cc2)=NC(N)=N1. The predicted molar refractivity (Wildman–Crippen MR) is 69.7 cm³/mol. The monoisotopic (exact) mass is 234 g/mol. The zero-order chi connectivity index (χ0) is 11.5. The molecule has 0 aliphatic carbocycles. The van der Waals surface area contributed by atoms with Crippen LogP contribution < -0.4 is 5.73 Å². The number of aliphatic imine (C=N–C) groups is 1. The molecule has 0 saturated carbocycles. The second-order valence-corrected chi connectivity index (χ2v) is 5.09. The Labute approximate surface area is 97.5 Å². The van der Waals surface area contributed by atoms with Crippen molar-refractivity contribution in [3.8, 4) is 0 Å². The van der Waals surface area contributed by atoms with Crippen molar-refractivity contribution in [3.05, 3.63) is 35.4 Å². The number of hydrogen-bond donors (Lipinski definition) is 1. The molecule has 0 radical (unpaired) electrons. The normalized spacial score (nSPS) is 19.8. The molecule has 0 aromatic heterocycles. The molecule has 5 heteroatoms. The summed E-state index contributed by atoms with van der Waals surface area (Å²) in [5, 5.41) is 0. The fourth-order valence-corrected chi connectivity index (χ4v) is 2.23. The van der Waals surface area contributed by atoms with E-state index < -0.39 is 0 Å². The molecule has 0 saturated heterocycles. The van der Waals surface area contributed by atoms with Crippen LogP contribution in [-0.4, -0.2) is 17.5 Å². The van der Waals surface area contributed by atoms with Gasteiger partial charge in [-0.05, 0) is 6.92 Å². The van der Waals surface area contributed by atoms with Crippen molar-refractivity contribution in [1.82, 2.24) is 0 Å². The van der Waals surface area contributed by atoms with E-state index in [9.17, 15) is 0 Å². The molecule has 84 valence electrons. The van der Waals surface area contributed by atoms with Gasteiger partial charge in [0.1, 0.15) is 0 Å². The number of guanidine groups is 1. The van der Waals surface area contributed by atoms with E-state index in [2.05, 4.69) is 20.7 Å². The van der Waals surface area contributed by atoms with Gasteiger partial charge in [-0.25, -0.2) is 0 Å². The van der Waals surface area contributed by atoms with Crippen LogP contribution in [0.3, 0.4) is 0 Å². The topological polar surface area (TPSA) is 63.1 Å². The maximum Gasteiger partial charge on any atom is 0.229 e. The van der Waals surface area contributed by atoms with Gasteiger partial charge in [0.2, 0.25) is 5.96 Å². The van der Waals surface area contributed by atoms with E-state index >= 15 is 0 Å². The van der Waals surface area contributed by atoms with Crippen molar-refractivity contribution in [3.63, 3.8) is 0 Å². The summed E-state index contributed by atoms with van der Waals surface area (Å²) in [5.41, 5.74) is 7.88. The minimum absolute atomic E-state index is 0.329. The lowest BCUT2D eigenvalue weighted by Crippen LogP contribution is -2.17. The van der Waals surface area contributed by atoms with Gasteiger partial charge in [0.25, 0.3) is 0 Å². The number of aryl methyl sites for hydroxylation is 1. The Hall–Kier alpha value is -1.49. The van der Waals surface area contributed by atoms with Crippen LogP contribution in [0.15, 0.2) is 38.0 Å². The molecule has 1 aromatic carbocycles. The summed E-state index contributed by atoms with van der Waals surface area (Å²) < 4.78 is 8.62. The van der Waals surface area contributed by atoms with E-state index in [4.69, 9.17) is 5.73 Å². The van der Waals surface area contributed by atoms with Crippen molar-refractivity contribution in [1.29, 1.82) is 0 Å². The van der Waals surface area contributed by atoms with Crippen molar-refractivity contribution < 1.29 is 0 Å². The second kappa shape index (κ2) is 4.57. The smallest absolute Gasteiger partial charge is 0.229 e. The van der Waals surface area contributed by atoms with E-state index in [0.717, 1.165) is 11.3 Å². The molecule has 0 bridgehead atoms. The van der Waals surface area contributed by atoms with Gasteiger partial charge in [0.15, 0.2) is 5.84 Å². The predicted octanol–water partition coefficient (Wildman–Crippen LogP) is 1.81. The summed E-state index contributed by atoms with van der Waals surface area (Å²) in [7, 11) is -0.360. The first-order valence-electron chi connectivity index (χ1n) is 5.12. The minimum Gasteiger partial charge on any atom is -0.367 e. The molecule has 1 heterocycles. The molecule has 1 unspecified atom stereocenters. The van der Waals surface area contributed by atoms with Crippen molar-refractivity contribution >= 4 is 22.7 Å².